The number of phenolic OH excluding ortho intramolecular Hbond substituents is 1. The van der Waals surface area contributed by atoms with Crippen molar-refractivity contribution in [3.05, 3.63) is 58.9 Å². The summed E-state index contributed by atoms with van der Waals surface area (Å²) in [4.78, 5) is 11.8. The predicted octanol–water partition coefficient (Wildman–Crippen LogP) is 3.37. The van der Waals surface area contributed by atoms with E-state index in [1.54, 1.807) is 6.92 Å². The zero-order valence-electron chi connectivity index (χ0n) is 10.4. The standard InChI is InChI=1S/C14H10F3NO2/c1-7-4-8(2-3-12(7)19)14(20)18-11-6-9(15)5-10(16)13(11)17/h2-6,19H,1H3,(H,18,20). The third-order valence-corrected chi connectivity index (χ3v) is 2.70. The second-order valence-electron chi connectivity index (χ2n) is 4.20. The molecule has 0 fully saturated rings. The van der Waals surface area contributed by atoms with Crippen LogP contribution in [0.4, 0.5) is 18.9 Å². The molecule has 0 unspecified atom stereocenters. The zero-order chi connectivity index (χ0) is 14.9. The first-order chi connectivity index (χ1) is 9.38. The van der Waals surface area contributed by atoms with Gasteiger partial charge in [-0.15, -0.1) is 0 Å². The number of amides is 1. The van der Waals surface area contributed by atoms with Crippen LogP contribution in [0.5, 0.6) is 5.75 Å². The highest BCUT2D eigenvalue weighted by atomic mass is 19.2. The van der Waals surface area contributed by atoms with Gasteiger partial charge in [0.1, 0.15) is 11.6 Å². The molecule has 2 aromatic rings. The van der Waals surface area contributed by atoms with E-state index < -0.39 is 29.0 Å². The van der Waals surface area contributed by atoms with Crippen molar-refractivity contribution in [1.29, 1.82) is 0 Å². The number of carbonyl (C=O) groups is 1. The summed E-state index contributed by atoms with van der Waals surface area (Å²) in [5.41, 5.74) is -0.00820. The van der Waals surface area contributed by atoms with Crippen molar-refractivity contribution in [3.63, 3.8) is 0 Å². The van der Waals surface area contributed by atoms with Crippen molar-refractivity contribution in [1.82, 2.24) is 0 Å². The third kappa shape index (κ3) is 2.74. The number of hydrogen-bond donors (Lipinski definition) is 2. The van der Waals surface area contributed by atoms with Gasteiger partial charge >= 0.3 is 0 Å². The van der Waals surface area contributed by atoms with Crippen LogP contribution in [0, 0.1) is 24.4 Å². The average molecular weight is 281 g/mol. The largest absolute Gasteiger partial charge is 0.508 e. The van der Waals surface area contributed by atoms with E-state index in [4.69, 9.17) is 0 Å². The fraction of sp³-hybridized carbons (Fsp3) is 0.0714. The van der Waals surface area contributed by atoms with Crippen molar-refractivity contribution in [3.8, 4) is 5.75 Å². The number of phenols is 1. The summed E-state index contributed by atoms with van der Waals surface area (Å²) in [5.74, 6) is -4.46. The summed E-state index contributed by atoms with van der Waals surface area (Å²) in [7, 11) is 0. The van der Waals surface area contributed by atoms with Crippen molar-refractivity contribution < 1.29 is 23.1 Å². The van der Waals surface area contributed by atoms with Gasteiger partial charge in [0, 0.05) is 17.7 Å². The molecule has 2 N–H and O–H groups in total. The van der Waals surface area contributed by atoms with Crippen LogP contribution in [0.3, 0.4) is 0 Å². The topological polar surface area (TPSA) is 49.3 Å². The van der Waals surface area contributed by atoms with E-state index in [0.29, 0.717) is 17.7 Å². The molecule has 0 aliphatic rings. The molecule has 0 spiro atoms. The molecule has 0 saturated heterocycles. The van der Waals surface area contributed by atoms with E-state index in [2.05, 4.69) is 5.32 Å². The molecular weight excluding hydrogens is 271 g/mol. The second kappa shape index (κ2) is 5.24. The lowest BCUT2D eigenvalue weighted by atomic mass is 10.1. The molecule has 0 atom stereocenters. The predicted molar refractivity (Wildman–Crippen MR) is 67.1 cm³/mol. The van der Waals surface area contributed by atoms with Gasteiger partial charge in [0.25, 0.3) is 5.91 Å². The Hall–Kier alpha value is -2.50. The Morgan fingerprint density at radius 2 is 1.85 bits per heavy atom. The van der Waals surface area contributed by atoms with Crippen LogP contribution in [-0.4, -0.2) is 11.0 Å². The summed E-state index contributed by atoms with van der Waals surface area (Å²) in [6, 6.07) is 5.05. The molecule has 1 amide bonds. The van der Waals surface area contributed by atoms with Gasteiger partial charge < -0.3 is 10.4 Å². The summed E-state index contributed by atoms with van der Waals surface area (Å²) >= 11 is 0. The lowest BCUT2D eigenvalue weighted by Gasteiger charge is -2.08. The van der Waals surface area contributed by atoms with Gasteiger partial charge in [-0.25, -0.2) is 13.2 Å². The molecule has 0 bridgehead atoms. The normalized spacial score (nSPS) is 10.4. The lowest BCUT2D eigenvalue weighted by Crippen LogP contribution is -2.14. The molecule has 2 rings (SSSR count). The van der Waals surface area contributed by atoms with Crippen LogP contribution >= 0.6 is 0 Å². The van der Waals surface area contributed by atoms with Crippen LogP contribution in [0.2, 0.25) is 0 Å². The zero-order valence-corrected chi connectivity index (χ0v) is 10.4. The van der Waals surface area contributed by atoms with Crippen LogP contribution in [0.1, 0.15) is 15.9 Å². The first-order valence-electron chi connectivity index (χ1n) is 5.64. The number of anilines is 1. The molecule has 104 valence electrons. The van der Waals surface area contributed by atoms with E-state index in [1.807, 2.05) is 0 Å². The molecule has 0 radical (unpaired) electrons. The Morgan fingerprint density at radius 3 is 2.50 bits per heavy atom. The van der Waals surface area contributed by atoms with Gasteiger partial charge in [-0.1, -0.05) is 0 Å². The smallest absolute Gasteiger partial charge is 0.255 e. The van der Waals surface area contributed by atoms with Crippen molar-refractivity contribution in [2.45, 2.75) is 6.92 Å². The fourth-order valence-corrected chi connectivity index (χ4v) is 1.64. The van der Waals surface area contributed by atoms with Gasteiger partial charge in [0.2, 0.25) is 0 Å². The number of carbonyl (C=O) groups excluding carboxylic acids is 1. The molecule has 20 heavy (non-hydrogen) atoms. The molecule has 0 heterocycles. The SMILES string of the molecule is Cc1cc(C(=O)Nc2cc(F)cc(F)c2F)ccc1O. The number of aromatic hydroxyl groups is 1. The Kier molecular flexibility index (Phi) is 3.65. The van der Waals surface area contributed by atoms with E-state index in [-0.39, 0.29) is 11.3 Å². The van der Waals surface area contributed by atoms with Gasteiger partial charge in [-0.05, 0) is 30.7 Å². The Balaban J connectivity index is 2.30. The maximum atomic E-state index is 13.4. The molecule has 0 aliphatic heterocycles. The summed E-state index contributed by atoms with van der Waals surface area (Å²) in [6.45, 7) is 1.58. The number of hydrogen-bond acceptors (Lipinski definition) is 2. The highest BCUT2D eigenvalue weighted by molar-refractivity contribution is 6.04. The van der Waals surface area contributed by atoms with Crippen molar-refractivity contribution >= 4 is 11.6 Å². The molecule has 6 heteroatoms. The number of rotatable bonds is 2. The maximum Gasteiger partial charge on any atom is 0.255 e. The molecule has 0 aliphatic carbocycles. The third-order valence-electron chi connectivity index (χ3n) is 2.70. The molecule has 2 aromatic carbocycles. The Labute approximate surface area is 112 Å². The minimum Gasteiger partial charge on any atom is -0.508 e. The molecule has 0 saturated carbocycles. The van der Waals surface area contributed by atoms with Crippen LogP contribution in [-0.2, 0) is 0 Å². The van der Waals surface area contributed by atoms with Gasteiger partial charge in [0.05, 0.1) is 5.69 Å². The van der Waals surface area contributed by atoms with Crippen molar-refractivity contribution in [2.75, 3.05) is 5.32 Å². The van der Waals surface area contributed by atoms with Crippen LogP contribution < -0.4 is 5.32 Å². The van der Waals surface area contributed by atoms with E-state index in [1.165, 1.54) is 18.2 Å². The number of aryl methyl sites for hydroxylation is 1. The summed E-state index contributed by atoms with van der Waals surface area (Å²) < 4.78 is 39.4. The molecular formula is C14H10F3NO2. The lowest BCUT2D eigenvalue weighted by molar-refractivity contribution is 0.102. The maximum absolute atomic E-state index is 13.4. The highest BCUT2D eigenvalue weighted by Gasteiger charge is 2.15. The van der Waals surface area contributed by atoms with E-state index >= 15 is 0 Å². The monoisotopic (exact) mass is 281 g/mol. The first kappa shape index (κ1) is 13.9. The highest BCUT2D eigenvalue weighted by Crippen LogP contribution is 2.21. The van der Waals surface area contributed by atoms with E-state index in [0.717, 1.165) is 0 Å². The fourth-order valence-electron chi connectivity index (χ4n) is 1.64. The van der Waals surface area contributed by atoms with Crippen LogP contribution in [0.25, 0.3) is 0 Å². The van der Waals surface area contributed by atoms with Gasteiger partial charge in [-0.3, -0.25) is 4.79 Å². The summed E-state index contributed by atoms with van der Waals surface area (Å²) in [5, 5.41) is 11.4. The Bertz CT molecular complexity index is 686. The minimum absolute atomic E-state index is 0.00419. The quantitative estimate of drug-likeness (QED) is 0.829. The molecule has 3 nitrogen and oxygen atoms in total. The average Bonchev–Trinajstić information content (AvgIpc) is 2.38. The minimum atomic E-state index is -1.39. The second-order valence-corrected chi connectivity index (χ2v) is 4.20. The first-order valence-corrected chi connectivity index (χ1v) is 5.64. The van der Waals surface area contributed by atoms with Crippen molar-refractivity contribution in [2.24, 2.45) is 0 Å². The number of halogens is 3. The van der Waals surface area contributed by atoms with Crippen LogP contribution in [0.15, 0.2) is 30.3 Å². The van der Waals surface area contributed by atoms with Gasteiger partial charge in [-0.2, -0.15) is 0 Å². The number of benzene rings is 2. The van der Waals surface area contributed by atoms with Gasteiger partial charge in [0.15, 0.2) is 11.6 Å². The number of nitrogens with one attached hydrogen (secondary N) is 1. The van der Waals surface area contributed by atoms with E-state index in [9.17, 15) is 23.1 Å². The molecule has 0 aromatic heterocycles. The Morgan fingerprint density at radius 1 is 1.15 bits per heavy atom. The summed E-state index contributed by atoms with van der Waals surface area (Å²) in [6.07, 6.45) is 0.